The van der Waals surface area contributed by atoms with Crippen molar-refractivity contribution in [2.75, 3.05) is 0 Å². The monoisotopic (exact) mass is 257 g/mol. The van der Waals surface area contributed by atoms with Crippen molar-refractivity contribution < 1.29 is 0 Å². The number of nitrogens with zero attached hydrogens (tertiary/aromatic N) is 1. The van der Waals surface area contributed by atoms with Gasteiger partial charge in [0.25, 0.3) is 0 Å². The van der Waals surface area contributed by atoms with Gasteiger partial charge in [0.2, 0.25) is 0 Å². The van der Waals surface area contributed by atoms with Crippen molar-refractivity contribution in [1.82, 2.24) is 4.98 Å². The first-order valence-electron chi connectivity index (χ1n) is 4.78. The topological polar surface area (TPSA) is 12.9 Å². The van der Waals surface area contributed by atoms with Gasteiger partial charge < -0.3 is 0 Å². The summed E-state index contributed by atoms with van der Waals surface area (Å²) in [6.45, 7) is 0. The molecule has 0 fully saturated rings. The van der Waals surface area contributed by atoms with Gasteiger partial charge in [-0.3, -0.25) is 0 Å². The summed E-state index contributed by atoms with van der Waals surface area (Å²) in [6.07, 6.45) is 0. The summed E-state index contributed by atoms with van der Waals surface area (Å²) in [5.41, 5.74) is 2.08. The molecule has 2 aromatic carbocycles. The van der Waals surface area contributed by atoms with Crippen LogP contribution < -0.4 is 0 Å². The van der Waals surface area contributed by atoms with Gasteiger partial charge in [0.1, 0.15) is 0 Å². The van der Waals surface area contributed by atoms with Crippen molar-refractivity contribution in [3.05, 3.63) is 53.0 Å². The van der Waals surface area contributed by atoms with Crippen LogP contribution in [0.4, 0.5) is 0 Å². The smallest absolute Gasteiger partial charge is 0.0720 e. The zero-order valence-corrected chi connectivity index (χ0v) is 9.53. The number of aromatic nitrogens is 1. The van der Waals surface area contributed by atoms with Crippen LogP contribution in [0.25, 0.3) is 21.8 Å². The van der Waals surface area contributed by atoms with Gasteiger partial charge in [-0.2, -0.15) is 0 Å². The highest BCUT2D eigenvalue weighted by molar-refractivity contribution is 9.10. The standard InChI is InChI=1S/C13H8BrN/c14-11-6-5-10-7-9-3-1-2-4-12(9)15-13(10)8-11/h1-8H. The summed E-state index contributed by atoms with van der Waals surface area (Å²) in [5, 5.41) is 2.37. The molecule has 0 saturated carbocycles. The van der Waals surface area contributed by atoms with Crippen molar-refractivity contribution in [3.8, 4) is 0 Å². The van der Waals surface area contributed by atoms with E-state index in [1.807, 2.05) is 30.3 Å². The van der Waals surface area contributed by atoms with Crippen molar-refractivity contribution in [1.29, 1.82) is 0 Å². The van der Waals surface area contributed by atoms with Crippen LogP contribution in [0.2, 0.25) is 0 Å². The summed E-state index contributed by atoms with van der Waals surface area (Å²) < 4.78 is 1.07. The summed E-state index contributed by atoms with van der Waals surface area (Å²) in [7, 11) is 0. The van der Waals surface area contributed by atoms with E-state index in [1.54, 1.807) is 0 Å². The number of para-hydroxylation sites is 1. The maximum Gasteiger partial charge on any atom is 0.0720 e. The largest absolute Gasteiger partial charge is 0.248 e. The lowest BCUT2D eigenvalue weighted by Crippen LogP contribution is -1.81. The second-order valence-corrected chi connectivity index (χ2v) is 4.43. The Kier molecular flexibility index (Phi) is 1.96. The van der Waals surface area contributed by atoms with E-state index in [0.29, 0.717) is 0 Å². The summed E-state index contributed by atoms with van der Waals surface area (Å²) in [4.78, 5) is 4.61. The predicted octanol–water partition coefficient (Wildman–Crippen LogP) is 4.15. The van der Waals surface area contributed by atoms with E-state index in [1.165, 1.54) is 10.8 Å². The molecule has 0 aliphatic carbocycles. The van der Waals surface area contributed by atoms with Gasteiger partial charge in [-0.15, -0.1) is 0 Å². The van der Waals surface area contributed by atoms with Crippen molar-refractivity contribution in [2.45, 2.75) is 0 Å². The average Bonchev–Trinajstić information content (AvgIpc) is 2.26. The highest BCUT2D eigenvalue weighted by Crippen LogP contribution is 2.22. The van der Waals surface area contributed by atoms with Gasteiger partial charge in [-0.05, 0) is 24.3 Å². The molecule has 1 nitrogen and oxygen atoms in total. The minimum absolute atomic E-state index is 1.03. The third-order valence-electron chi connectivity index (χ3n) is 2.48. The fourth-order valence-electron chi connectivity index (χ4n) is 1.74. The van der Waals surface area contributed by atoms with E-state index in [2.05, 4.69) is 39.1 Å². The molecule has 0 saturated heterocycles. The zero-order valence-electron chi connectivity index (χ0n) is 7.94. The normalized spacial score (nSPS) is 11.0. The molecule has 0 spiro atoms. The quantitative estimate of drug-likeness (QED) is 0.552. The van der Waals surface area contributed by atoms with E-state index in [0.717, 1.165) is 15.5 Å². The Morgan fingerprint density at radius 1 is 0.800 bits per heavy atom. The van der Waals surface area contributed by atoms with Crippen molar-refractivity contribution >= 4 is 37.7 Å². The van der Waals surface area contributed by atoms with Gasteiger partial charge in [-0.1, -0.05) is 40.2 Å². The van der Waals surface area contributed by atoms with Crippen LogP contribution in [0.3, 0.4) is 0 Å². The zero-order chi connectivity index (χ0) is 10.3. The van der Waals surface area contributed by atoms with Crippen LogP contribution in [-0.2, 0) is 0 Å². The Morgan fingerprint density at radius 2 is 1.60 bits per heavy atom. The average molecular weight is 258 g/mol. The minimum Gasteiger partial charge on any atom is -0.248 e. The molecule has 0 unspecified atom stereocenters. The van der Waals surface area contributed by atoms with E-state index >= 15 is 0 Å². The second kappa shape index (κ2) is 3.31. The highest BCUT2D eigenvalue weighted by atomic mass is 79.9. The fourth-order valence-corrected chi connectivity index (χ4v) is 2.09. The molecule has 3 rings (SSSR count). The highest BCUT2D eigenvalue weighted by Gasteiger charge is 1.99. The van der Waals surface area contributed by atoms with Gasteiger partial charge >= 0.3 is 0 Å². The van der Waals surface area contributed by atoms with Gasteiger partial charge in [0.15, 0.2) is 0 Å². The number of fused-ring (bicyclic) bond motifs is 2. The van der Waals surface area contributed by atoms with Crippen LogP contribution in [-0.4, -0.2) is 4.98 Å². The Balaban J connectivity index is 2.47. The first-order chi connectivity index (χ1) is 7.33. The van der Waals surface area contributed by atoms with E-state index in [-0.39, 0.29) is 0 Å². The number of hydrogen-bond acceptors (Lipinski definition) is 1. The molecule has 2 heteroatoms. The van der Waals surface area contributed by atoms with Crippen LogP contribution >= 0.6 is 15.9 Å². The molecule has 0 bridgehead atoms. The Labute approximate surface area is 95.9 Å². The van der Waals surface area contributed by atoms with Gasteiger partial charge in [0, 0.05) is 15.2 Å². The molecule has 0 amide bonds. The van der Waals surface area contributed by atoms with E-state index in [9.17, 15) is 0 Å². The maximum atomic E-state index is 4.61. The summed E-state index contributed by atoms with van der Waals surface area (Å²) in [6, 6.07) is 16.5. The Bertz CT molecular complexity index is 646. The molecule has 0 atom stereocenters. The lowest BCUT2D eigenvalue weighted by Gasteiger charge is -2.01. The number of halogens is 1. The Hall–Kier alpha value is -1.41. The van der Waals surface area contributed by atoms with Crippen LogP contribution in [0.15, 0.2) is 53.0 Å². The van der Waals surface area contributed by atoms with Crippen LogP contribution in [0, 0.1) is 0 Å². The first-order valence-corrected chi connectivity index (χ1v) is 5.57. The molecular formula is C13H8BrN. The van der Waals surface area contributed by atoms with Gasteiger partial charge in [-0.25, -0.2) is 4.98 Å². The third kappa shape index (κ3) is 1.51. The number of benzene rings is 2. The minimum atomic E-state index is 1.03. The number of hydrogen-bond donors (Lipinski definition) is 0. The maximum absolute atomic E-state index is 4.61. The molecule has 0 radical (unpaired) electrons. The summed E-state index contributed by atoms with van der Waals surface area (Å²) in [5.74, 6) is 0. The molecule has 0 aliphatic heterocycles. The number of pyridine rings is 1. The molecule has 1 heterocycles. The second-order valence-electron chi connectivity index (χ2n) is 3.52. The molecule has 0 N–H and O–H groups in total. The van der Waals surface area contributed by atoms with E-state index in [4.69, 9.17) is 0 Å². The Morgan fingerprint density at radius 3 is 2.53 bits per heavy atom. The molecule has 3 aromatic rings. The van der Waals surface area contributed by atoms with Crippen molar-refractivity contribution in [2.24, 2.45) is 0 Å². The SMILES string of the molecule is Brc1ccc2cc3ccccc3nc2c1. The third-order valence-corrected chi connectivity index (χ3v) is 2.97. The first kappa shape index (κ1) is 8.86. The predicted molar refractivity (Wildman–Crippen MR) is 66.9 cm³/mol. The lowest BCUT2D eigenvalue weighted by atomic mass is 10.1. The van der Waals surface area contributed by atoms with Gasteiger partial charge in [0.05, 0.1) is 11.0 Å². The number of rotatable bonds is 0. The van der Waals surface area contributed by atoms with Crippen LogP contribution in [0.1, 0.15) is 0 Å². The molecule has 15 heavy (non-hydrogen) atoms. The molecule has 72 valence electrons. The van der Waals surface area contributed by atoms with Crippen LogP contribution in [0.5, 0.6) is 0 Å². The molecule has 1 aromatic heterocycles. The molecular weight excluding hydrogens is 250 g/mol. The summed E-state index contributed by atoms with van der Waals surface area (Å²) >= 11 is 3.46. The lowest BCUT2D eigenvalue weighted by molar-refractivity contribution is 1.49. The van der Waals surface area contributed by atoms with E-state index < -0.39 is 0 Å². The molecule has 0 aliphatic rings. The fraction of sp³-hybridized carbons (Fsp3) is 0. The van der Waals surface area contributed by atoms with Crippen molar-refractivity contribution in [3.63, 3.8) is 0 Å².